The molecule has 0 saturated carbocycles. The van der Waals surface area contributed by atoms with Crippen LogP contribution in [-0.4, -0.2) is 33.1 Å². The first-order valence-corrected chi connectivity index (χ1v) is 4.31. The second-order valence-corrected chi connectivity index (χ2v) is 2.76. The summed E-state index contributed by atoms with van der Waals surface area (Å²) < 4.78 is 15.0. The van der Waals surface area contributed by atoms with E-state index in [1.165, 1.54) is 21.3 Å². The largest absolute Gasteiger partial charge is 0.330 e. The molecule has 4 heteroatoms. The van der Waals surface area contributed by atoms with Crippen molar-refractivity contribution in [2.75, 3.05) is 21.3 Å². The van der Waals surface area contributed by atoms with Gasteiger partial charge < -0.3 is 14.2 Å². The third-order valence-electron chi connectivity index (χ3n) is 1.88. The Morgan fingerprint density at radius 2 is 1.62 bits per heavy atom. The first kappa shape index (κ1) is 12.6. The maximum absolute atomic E-state index is 11.3. The van der Waals surface area contributed by atoms with E-state index in [4.69, 9.17) is 14.2 Å². The zero-order valence-electron chi connectivity index (χ0n) is 8.75. The molecule has 0 rings (SSSR count). The molecule has 0 aromatic rings. The number of ether oxygens (including phenoxy) is 3. The molecule has 0 amide bonds. The highest BCUT2D eigenvalue weighted by molar-refractivity contribution is 5.78. The second kappa shape index (κ2) is 6.07. The van der Waals surface area contributed by atoms with Gasteiger partial charge in [-0.2, -0.15) is 0 Å². The van der Waals surface area contributed by atoms with Crippen molar-refractivity contribution in [2.45, 2.75) is 32.2 Å². The normalized spacial score (nSPS) is 11.7. The molecule has 0 saturated heterocycles. The van der Waals surface area contributed by atoms with E-state index in [9.17, 15) is 4.79 Å². The number of Topliss-reactive ketones (excluding diaryl/α,β-unsaturated/α-hetero) is 1. The zero-order chi connectivity index (χ0) is 10.3. The molecular weight excluding hydrogens is 172 g/mol. The summed E-state index contributed by atoms with van der Waals surface area (Å²) in [4.78, 5) is 11.3. The van der Waals surface area contributed by atoms with Crippen molar-refractivity contribution < 1.29 is 19.0 Å². The van der Waals surface area contributed by atoms with Crippen molar-refractivity contribution >= 4 is 5.78 Å². The van der Waals surface area contributed by atoms with Crippen LogP contribution in [0.5, 0.6) is 0 Å². The minimum atomic E-state index is -1.20. The fourth-order valence-electron chi connectivity index (χ4n) is 1.08. The highest BCUT2D eigenvalue weighted by atomic mass is 16.9. The van der Waals surface area contributed by atoms with Gasteiger partial charge in [0.1, 0.15) is 5.78 Å². The molecule has 0 aliphatic heterocycles. The summed E-state index contributed by atoms with van der Waals surface area (Å²) in [6, 6.07) is 0. The fraction of sp³-hybridized carbons (Fsp3) is 0.889. The van der Waals surface area contributed by atoms with Crippen LogP contribution in [0.3, 0.4) is 0 Å². The lowest BCUT2D eigenvalue weighted by Gasteiger charge is -2.27. The lowest BCUT2D eigenvalue weighted by molar-refractivity contribution is -0.350. The molecule has 0 aliphatic rings. The van der Waals surface area contributed by atoms with Crippen LogP contribution in [0, 0.1) is 0 Å². The average Bonchev–Trinajstić information content (AvgIpc) is 2.15. The van der Waals surface area contributed by atoms with E-state index in [1.807, 2.05) is 6.92 Å². The third-order valence-corrected chi connectivity index (χ3v) is 1.88. The van der Waals surface area contributed by atoms with Crippen LogP contribution in [0.15, 0.2) is 0 Å². The predicted molar refractivity (Wildman–Crippen MR) is 48.3 cm³/mol. The molecule has 0 aromatic carbocycles. The molecule has 0 heterocycles. The van der Waals surface area contributed by atoms with Gasteiger partial charge in [0.15, 0.2) is 0 Å². The number of rotatable bonds is 7. The lowest BCUT2D eigenvalue weighted by Crippen LogP contribution is -2.38. The van der Waals surface area contributed by atoms with Gasteiger partial charge in [-0.05, 0) is 6.42 Å². The van der Waals surface area contributed by atoms with Gasteiger partial charge in [0, 0.05) is 27.8 Å². The monoisotopic (exact) mass is 190 g/mol. The van der Waals surface area contributed by atoms with Gasteiger partial charge >= 0.3 is 0 Å². The Labute approximate surface area is 79.2 Å². The van der Waals surface area contributed by atoms with Gasteiger partial charge in [0.25, 0.3) is 5.97 Å². The Morgan fingerprint density at radius 3 is 1.92 bits per heavy atom. The zero-order valence-corrected chi connectivity index (χ0v) is 8.75. The van der Waals surface area contributed by atoms with E-state index in [0.29, 0.717) is 6.42 Å². The van der Waals surface area contributed by atoms with Crippen molar-refractivity contribution in [2.24, 2.45) is 0 Å². The first-order valence-electron chi connectivity index (χ1n) is 4.31. The van der Waals surface area contributed by atoms with Crippen LogP contribution < -0.4 is 0 Å². The molecule has 0 aromatic heterocycles. The van der Waals surface area contributed by atoms with Crippen molar-refractivity contribution in [3.8, 4) is 0 Å². The Kier molecular flexibility index (Phi) is 5.86. The second-order valence-electron chi connectivity index (χ2n) is 2.76. The Hall–Kier alpha value is -0.450. The summed E-state index contributed by atoms with van der Waals surface area (Å²) in [6.07, 6.45) is 1.48. The van der Waals surface area contributed by atoms with E-state index in [2.05, 4.69) is 0 Å². The van der Waals surface area contributed by atoms with Crippen molar-refractivity contribution in [3.63, 3.8) is 0 Å². The summed E-state index contributed by atoms with van der Waals surface area (Å²) in [7, 11) is 4.35. The summed E-state index contributed by atoms with van der Waals surface area (Å²) in [5.41, 5.74) is 0. The van der Waals surface area contributed by atoms with Gasteiger partial charge in [0.05, 0.1) is 6.42 Å². The molecule has 0 spiro atoms. The summed E-state index contributed by atoms with van der Waals surface area (Å²) in [5.74, 6) is -1.13. The lowest BCUT2D eigenvalue weighted by atomic mass is 10.1. The minimum absolute atomic E-state index is 0.0769. The summed E-state index contributed by atoms with van der Waals surface area (Å²) in [5, 5.41) is 0. The molecule has 13 heavy (non-hydrogen) atoms. The maximum atomic E-state index is 11.3. The van der Waals surface area contributed by atoms with Crippen LogP contribution in [-0.2, 0) is 19.0 Å². The maximum Gasteiger partial charge on any atom is 0.289 e. The SMILES string of the molecule is CCCC(=O)CC(OC)(OC)OC. The fourth-order valence-corrected chi connectivity index (χ4v) is 1.08. The van der Waals surface area contributed by atoms with Crippen LogP contribution in [0.2, 0.25) is 0 Å². The number of carbonyl (C=O) groups excluding carboxylic acids is 1. The van der Waals surface area contributed by atoms with Crippen molar-refractivity contribution in [3.05, 3.63) is 0 Å². The highest BCUT2D eigenvalue weighted by Gasteiger charge is 2.32. The van der Waals surface area contributed by atoms with Crippen molar-refractivity contribution in [1.82, 2.24) is 0 Å². The van der Waals surface area contributed by atoms with E-state index in [0.717, 1.165) is 6.42 Å². The quantitative estimate of drug-likeness (QED) is 0.568. The van der Waals surface area contributed by atoms with Crippen LogP contribution in [0.1, 0.15) is 26.2 Å². The smallest absolute Gasteiger partial charge is 0.289 e. The van der Waals surface area contributed by atoms with E-state index in [1.54, 1.807) is 0 Å². The molecule has 78 valence electrons. The number of hydrogen-bond donors (Lipinski definition) is 0. The average molecular weight is 190 g/mol. The topological polar surface area (TPSA) is 44.8 Å². The van der Waals surface area contributed by atoms with E-state index < -0.39 is 5.97 Å². The van der Waals surface area contributed by atoms with Gasteiger partial charge in [-0.1, -0.05) is 6.92 Å². The highest BCUT2D eigenvalue weighted by Crippen LogP contribution is 2.18. The molecular formula is C9H18O4. The van der Waals surface area contributed by atoms with E-state index in [-0.39, 0.29) is 12.2 Å². The van der Waals surface area contributed by atoms with Crippen LogP contribution >= 0.6 is 0 Å². The third kappa shape index (κ3) is 3.85. The minimum Gasteiger partial charge on any atom is -0.330 e. The molecule has 0 bridgehead atoms. The molecule has 4 nitrogen and oxygen atoms in total. The Morgan fingerprint density at radius 1 is 1.15 bits per heavy atom. The van der Waals surface area contributed by atoms with Gasteiger partial charge in [0.2, 0.25) is 0 Å². The molecule has 0 unspecified atom stereocenters. The summed E-state index contributed by atoms with van der Waals surface area (Å²) >= 11 is 0. The molecule has 0 radical (unpaired) electrons. The predicted octanol–water partition coefficient (Wildman–Crippen LogP) is 1.34. The number of ketones is 1. The number of carbonyl (C=O) groups is 1. The standard InChI is InChI=1S/C9H18O4/c1-5-6-8(10)7-9(11-2,12-3)13-4/h5-7H2,1-4H3. The first-order chi connectivity index (χ1) is 6.14. The van der Waals surface area contributed by atoms with Crippen LogP contribution in [0.4, 0.5) is 0 Å². The number of methoxy groups -OCH3 is 3. The van der Waals surface area contributed by atoms with Gasteiger partial charge in [-0.25, -0.2) is 0 Å². The Bertz CT molecular complexity index is 143. The van der Waals surface area contributed by atoms with Crippen molar-refractivity contribution in [1.29, 1.82) is 0 Å². The summed E-state index contributed by atoms with van der Waals surface area (Å²) in [6.45, 7) is 1.95. The number of hydrogen-bond acceptors (Lipinski definition) is 4. The van der Waals surface area contributed by atoms with Crippen LogP contribution in [0.25, 0.3) is 0 Å². The Balaban J connectivity index is 4.16. The molecule has 0 atom stereocenters. The molecule has 0 aliphatic carbocycles. The van der Waals surface area contributed by atoms with E-state index >= 15 is 0 Å². The van der Waals surface area contributed by atoms with Gasteiger partial charge in [-0.15, -0.1) is 0 Å². The molecule has 0 fully saturated rings. The molecule has 0 N–H and O–H groups in total. The van der Waals surface area contributed by atoms with Gasteiger partial charge in [-0.3, -0.25) is 4.79 Å².